The van der Waals surface area contributed by atoms with Crippen molar-refractivity contribution in [2.75, 3.05) is 13.2 Å². The Hall–Kier alpha value is -1.35. The van der Waals surface area contributed by atoms with Gasteiger partial charge < -0.3 is 10.5 Å². The van der Waals surface area contributed by atoms with Crippen LogP contribution in [0.1, 0.15) is 30.0 Å². The van der Waals surface area contributed by atoms with Crippen molar-refractivity contribution in [2.45, 2.75) is 32.6 Å². The Morgan fingerprint density at radius 3 is 3.00 bits per heavy atom. The Balaban J connectivity index is 2.09. The predicted octanol–water partition coefficient (Wildman–Crippen LogP) is 1.86. The number of carbonyl (C=O) groups is 1. The van der Waals surface area contributed by atoms with Crippen molar-refractivity contribution in [3.8, 4) is 0 Å². The lowest BCUT2D eigenvalue weighted by molar-refractivity contribution is -0.142. The van der Waals surface area contributed by atoms with E-state index < -0.39 is 0 Å². The van der Waals surface area contributed by atoms with Crippen LogP contribution in [0.3, 0.4) is 0 Å². The summed E-state index contributed by atoms with van der Waals surface area (Å²) in [6.07, 6.45) is 3.70. The minimum absolute atomic E-state index is 0.149. The zero-order valence-corrected chi connectivity index (χ0v) is 10.9. The third-order valence-corrected chi connectivity index (χ3v) is 3.59. The molecule has 0 aliphatic heterocycles. The van der Waals surface area contributed by atoms with Crippen LogP contribution in [0.2, 0.25) is 0 Å². The van der Waals surface area contributed by atoms with Gasteiger partial charge in [-0.15, -0.1) is 0 Å². The van der Waals surface area contributed by atoms with Gasteiger partial charge in [0.15, 0.2) is 0 Å². The van der Waals surface area contributed by atoms with E-state index in [4.69, 9.17) is 10.5 Å². The van der Waals surface area contributed by atoms with Gasteiger partial charge in [-0.25, -0.2) is 0 Å². The van der Waals surface area contributed by atoms with Gasteiger partial charge in [0.05, 0.1) is 13.0 Å². The van der Waals surface area contributed by atoms with Crippen LogP contribution in [-0.4, -0.2) is 19.1 Å². The molecule has 18 heavy (non-hydrogen) atoms. The number of benzene rings is 1. The Labute approximate surface area is 108 Å². The minimum Gasteiger partial charge on any atom is -0.466 e. The fourth-order valence-electron chi connectivity index (χ4n) is 2.58. The monoisotopic (exact) mass is 247 g/mol. The maximum Gasteiger partial charge on any atom is 0.310 e. The maximum absolute atomic E-state index is 11.5. The van der Waals surface area contributed by atoms with E-state index in [1.807, 2.05) is 13.0 Å². The van der Waals surface area contributed by atoms with Crippen molar-refractivity contribution >= 4 is 5.97 Å². The highest BCUT2D eigenvalue weighted by atomic mass is 16.5. The van der Waals surface area contributed by atoms with Crippen LogP contribution in [-0.2, 0) is 28.8 Å². The van der Waals surface area contributed by atoms with E-state index in [-0.39, 0.29) is 5.97 Å². The second kappa shape index (κ2) is 6.01. The van der Waals surface area contributed by atoms with Crippen LogP contribution in [0.15, 0.2) is 18.2 Å². The third kappa shape index (κ3) is 3.10. The molecule has 0 amide bonds. The molecule has 1 aromatic carbocycles. The quantitative estimate of drug-likeness (QED) is 0.826. The summed E-state index contributed by atoms with van der Waals surface area (Å²) in [4.78, 5) is 11.5. The van der Waals surface area contributed by atoms with Crippen molar-refractivity contribution in [2.24, 2.45) is 11.7 Å². The zero-order valence-electron chi connectivity index (χ0n) is 10.9. The van der Waals surface area contributed by atoms with Crippen molar-refractivity contribution in [3.05, 3.63) is 34.9 Å². The number of aryl methyl sites for hydroxylation is 1. The molecule has 1 aromatic rings. The fraction of sp³-hybridized carbons (Fsp3) is 0.533. The van der Waals surface area contributed by atoms with Gasteiger partial charge >= 0.3 is 5.97 Å². The van der Waals surface area contributed by atoms with Crippen molar-refractivity contribution < 1.29 is 9.53 Å². The number of hydrogen-bond acceptors (Lipinski definition) is 3. The van der Waals surface area contributed by atoms with E-state index in [1.54, 1.807) is 0 Å². The molecule has 1 atom stereocenters. The van der Waals surface area contributed by atoms with Gasteiger partial charge in [-0.05, 0) is 55.3 Å². The lowest BCUT2D eigenvalue weighted by Gasteiger charge is -2.23. The summed E-state index contributed by atoms with van der Waals surface area (Å²) >= 11 is 0. The molecule has 3 nitrogen and oxygen atoms in total. The van der Waals surface area contributed by atoms with E-state index in [1.165, 1.54) is 17.5 Å². The Morgan fingerprint density at radius 2 is 2.28 bits per heavy atom. The lowest BCUT2D eigenvalue weighted by Crippen LogP contribution is -2.22. The minimum atomic E-state index is -0.149. The normalized spacial score (nSPS) is 18.2. The smallest absolute Gasteiger partial charge is 0.310 e. The molecule has 0 aromatic heterocycles. The van der Waals surface area contributed by atoms with Crippen LogP contribution in [0.25, 0.3) is 0 Å². The molecular formula is C15H21NO2. The molecule has 0 fully saturated rings. The number of ether oxygens (including phenoxy) is 1. The van der Waals surface area contributed by atoms with Crippen LogP contribution in [0, 0.1) is 5.92 Å². The first kappa shape index (κ1) is 13.1. The summed E-state index contributed by atoms with van der Waals surface area (Å²) in [5.74, 6) is 0.443. The molecular weight excluding hydrogens is 226 g/mol. The molecule has 1 unspecified atom stereocenters. The number of esters is 1. The van der Waals surface area contributed by atoms with Gasteiger partial charge in [0.25, 0.3) is 0 Å². The van der Waals surface area contributed by atoms with Gasteiger partial charge in [0.1, 0.15) is 0 Å². The van der Waals surface area contributed by atoms with Crippen LogP contribution in [0.5, 0.6) is 0 Å². The third-order valence-electron chi connectivity index (χ3n) is 3.59. The Bertz CT molecular complexity index is 429. The molecule has 0 radical (unpaired) electrons. The summed E-state index contributed by atoms with van der Waals surface area (Å²) in [5, 5.41) is 0. The molecule has 0 spiro atoms. The largest absolute Gasteiger partial charge is 0.466 e. The molecule has 0 heterocycles. The van der Waals surface area contributed by atoms with Gasteiger partial charge in [-0.2, -0.15) is 0 Å². The first-order valence-corrected chi connectivity index (χ1v) is 6.69. The second-order valence-corrected chi connectivity index (χ2v) is 4.93. The number of rotatable bonds is 4. The van der Waals surface area contributed by atoms with Crippen LogP contribution in [0.4, 0.5) is 0 Å². The molecule has 2 rings (SSSR count). The van der Waals surface area contributed by atoms with Gasteiger partial charge in [0, 0.05) is 0 Å². The average Bonchev–Trinajstić information content (AvgIpc) is 2.38. The first-order valence-electron chi connectivity index (χ1n) is 6.69. The van der Waals surface area contributed by atoms with E-state index in [0.717, 1.165) is 24.9 Å². The number of nitrogens with two attached hydrogens (primary N) is 1. The predicted molar refractivity (Wildman–Crippen MR) is 71.3 cm³/mol. The molecule has 1 aliphatic rings. The van der Waals surface area contributed by atoms with Crippen molar-refractivity contribution in [1.29, 1.82) is 0 Å². The average molecular weight is 247 g/mol. The standard InChI is InChI=1S/C15H21NO2/c1-2-18-15(17)9-11-3-5-13-6-4-12(10-16)8-14(13)7-11/h3,5,7,12H,2,4,6,8-10,16H2,1H3. The molecule has 0 saturated heterocycles. The molecule has 0 bridgehead atoms. The fourth-order valence-corrected chi connectivity index (χ4v) is 2.58. The van der Waals surface area contributed by atoms with Crippen molar-refractivity contribution in [1.82, 2.24) is 0 Å². The van der Waals surface area contributed by atoms with E-state index in [9.17, 15) is 4.79 Å². The zero-order chi connectivity index (χ0) is 13.0. The van der Waals surface area contributed by atoms with Gasteiger partial charge in [0.2, 0.25) is 0 Å². The Kier molecular flexibility index (Phi) is 4.37. The summed E-state index contributed by atoms with van der Waals surface area (Å²) in [5.41, 5.74) is 9.56. The van der Waals surface area contributed by atoms with Crippen LogP contribution >= 0.6 is 0 Å². The van der Waals surface area contributed by atoms with Gasteiger partial charge in [-0.3, -0.25) is 4.79 Å². The van der Waals surface area contributed by atoms with Crippen LogP contribution < -0.4 is 5.73 Å². The molecule has 3 heteroatoms. The topological polar surface area (TPSA) is 52.3 Å². The molecule has 1 aliphatic carbocycles. The molecule has 2 N–H and O–H groups in total. The van der Waals surface area contributed by atoms with Crippen molar-refractivity contribution in [3.63, 3.8) is 0 Å². The Morgan fingerprint density at radius 1 is 1.44 bits per heavy atom. The second-order valence-electron chi connectivity index (χ2n) is 4.93. The summed E-state index contributed by atoms with van der Waals surface area (Å²) in [6, 6.07) is 6.34. The number of carbonyl (C=O) groups excluding carboxylic acids is 1. The summed E-state index contributed by atoms with van der Waals surface area (Å²) in [6.45, 7) is 3.02. The van der Waals surface area contributed by atoms with E-state index >= 15 is 0 Å². The van der Waals surface area contributed by atoms with E-state index in [2.05, 4.69) is 12.1 Å². The number of hydrogen-bond donors (Lipinski definition) is 1. The maximum atomic E-state index is 11.5. The molecule has 98 valence electrons. The first-order chi connectivity index (χ1) is 8.72. The highest BCUT2D eigenvalue weighted by molar-refractivity contribution is 5.72. The SMILES string of the molecule is CCOC(=O)Cc1ccc2c(c1)CC(CN)CC2. The van der Waals surface area contributed by atoms with E-state index in [0.29, 0.717) is 18.9 Å². The molecule has 0 saturated carbocycles. The highest BCUT2D eigenvalue weighted by Gasteiger charge is 2.18. The number of fused-ring (bicyclic) bond motifs is 1. The van der Waals surface area contributed by atoms with Gasteiger partial charge in [-0.1, -0.05) is 18.2 Å². The lowest BCUT2D eigenvalue weighted by atomic mass is 9.83. The summed E-state index contributed by atoms with van der Waals surface area (Å²) in [7, 11) is 0. The highest BCUT2D eigenvalue weighted by Crippen LogP contribution is 2.26. The summed E-state index contributed by atoms with van der Waals surface area (Å²) < 4.78 is 4.97.